The molecule has 1 heterocycles. The summed E-state index contributed by atoms with van der Waals surface area (Å²) in [4.78, 5) is 4.07. The molecule has 0 amide bonds. The highest BCUT2D eigenvalue weighted by Gasteiger charge is 2.04. The molecule has 0 saturated heterocycles. The van der Waals surface area contributed by atoms with E-state index < -0.39 is 0 Å². The smallest absolute Gasteiger partial charge is 0.294 e. The highest BCUT2D eigenvalue weighted by molar-refractivity contribution is 5.21. The van der Waals surface area contributed by atoms with Gasteiger partial charge in [-0.2, -0.15) is 4.98 Å². The molecule has 0 aliphatic heterocycles. The first-order valence-corrected chi connectivity index (χ1v) is 4.02. The van der Waals surface area contributed by atoms with Gasteiger partial charge in [-0.1, -0.05) is 0 Å². The lowest BCUT2D eigenvalue weighted by Crippen LogP contribution is -2.16. The molecule has 4 heteroatoms. The molecule has 1 rings (SSSR count). The maximum absolute atomic E-state index is 8.63. The van der Waals surface area contributed by atoms with Crippen molar-refractivity contribution in [3.63, 3.8) is 0 Å². The van der Waals surface area contributed by atoms with Gasteiger partial charge in [-0.25, -0.2) is 0 Å². The molecule has 1 atom stereocenters. The molecule has 0 radical (unpaired) electrons. The maximum Gasteiger partial charge on any atom is 0.294 e. The predicted molar refractivity (Wildman–Crippen MR) is 46.0 cm³/mol. The Morgan fingerprint density at radius 3 is 3.00 bits per heavy atom. The standard InChI is InChI=1S/C8H14N2O2/c1-6(3-4-11)9-8-10-7(2)5-12-8/h5-6,11H,3-4H2,1-2H3,(H,9,10)/t6-/m0/s1. The van der Waals surface area contributed by atoms with Crippen molar-refractivity contribution in [3.05, 3.63) is 12.0 Å². The van der Waals surface area contributed by atoms with E-state index in [4.69, 9.17) is 9.52 Å². The maximum atomic E-state index is 8.63. The molecule has 0 aliphatic carbocycles. The zero-order valence-electron chi connectivity index (χ0n) is 7.37. The Labute approximate surface area is 71.6 Å². The van der Waals surface area contributed by atoms with Crippen LogP contribution in [0.1, 0.15) is 19.0 Å². The van der Waals surface area contributed by atoms with Crippen LogP contribution >= 0.6 is 0 Å². The molecule has 0 unspecified atom stereocenters. The Kier molecular flexibility index (Phi) is 3.10. The summed E-state index contributed by atoms with van der Waals surface area (Å²) < 4.78 is 5.08. The summed E-state index contributed by atoms with van der Waals surface area (Å²) in [6, 6.07) is 0.710. The van der Waals surface area contributed by atoms with Gasteiger partial charge in [0.05, 0.1) is 5.69 Å². The lowest BCUT2D eigenvalue weighted by atomic mass is 10.2. The van der Waals surface area contributed by atoms with Gasteiger partial charge in [0.15, 0.2) is 0 Å². The number of aryl methyl sites for hydroxylation is 1. The topological polar surface area (TPSA) is 58.3 Å². The van der Waals surface area contributed by atoms with Gasteiger partial charge in [-0.3, -0.25) is 0 Å². The number of aliphatic hydroxyl groups excluding tert-OH is 1. The van der Waals surface area contributed by atoms with Crippen molar-refractivity contribution < 1.29 is 9.52 Å². The second-order valence-corrected chi connectivity index (χ2v) is 2.85. The molecule has 1 aromatic heterocycles. The highest BCUT2D eigenvalue weighted by Crippen LogP contribution is 2.08. The Hall–Kier alpha value is -1.03. The molecule has 1 aromatic rings. The minimum atomic E-state index is 0.174. The molecule has 4 nitrogen and oxygen atoms in total. The van der Waals surface area contributed by atoms with Gasteiger partial charge in [0.1, 0.15) is 6.26 Å². The molecule has 0 fully saturated rings. The number of hydrogen-bond acceptors (Lipinski definition) is 4. The number of nitrogens with one attached hydrogen (secondary N) is 1. The Bertz CT molecular complexity index is 235. The van der Waals surface area contributed by atoms with Gasteiger partial charge >= 0.3 is 0 Å². The van der Waals surface area contributed by atoms with Crippen LogP contribution in [-0.4, -0.2) is 22.7 Å². The summed E-state index contributed by atoms with van der Waals surface area (Å²) in [5.74, 6) is 0. The summed E-state index contributed by atoms with van der Waals surface area (Å²) in [6.45, 7) is 4.01. The summed E-state index contributed by atoms with van der Waals surface area (Å²) in [6.07, 6.45) is 2.29. The zero-order chi connectivity index (χ0) is 8.97. The number of nitrogens with zero attached hydrogens (tertiary/aromatic N) is 1. The fourth-order valence-corrected chi connectivity index (χ4v) is 0.897. The fraction of sp³-hybridized carbons (Fsp3) is 0.625. The van der Waals surface area contributed by atoms with E-state index in [1.807, 2.05) is 13.8 Å². The summed E-state index contributed by atoms with van der Waals surface area (Å²) in [7, 11) is 0. The van der Waals surface area contributed by atoms with Crippen LogP contribution < -0.4 is 5.32 Å². The van der Waals surface area contributed by atoms with Crippen molar-refractivity contribution in [2.24, 2.45) is 0 Å². The Balaban J connectivity index is 2.41. The van der Waals surface area contributed by atoms with Gasteiger partial charge in [0.2, 0.25) is 0 Å². The lowest BCUT2D eigenvalue weighted by Gasteiger charge is -2.08. The number of oxazole rings is 1. The van der Waals surface area contributed by atoms with Crippen LogP contribution in [0, 0.1) is 6.92 Å². The average molecular weight is 170 g/mol. The van der Waals surface area contributed by atoms with E-state index in [2.05, 4.69) is 10.3 Å². The fourth-order valence-electron chi connectivity index (χ4n) is 0.897. The van der Waals surface area contributed by atoms with Gasteiger partial charge in [-0.15, -0.1) is 0 Å². The number of aromatic nitrogens is 1. The third kappa shape index (κ3) is 2.54. The van der Waals surface area contributed by atoms with Crippen molar-refractivity contribution in [2.45, 2.75) is 26.3 Å². The number of aliphatic hydroxyl groups is 1. The van der Waals surface area contributed by atoms with Crippen LogP contribution in [0.4, 0.5) is 6.01 Å². The zero-order valence-corrected chi connectivity index (χ0v) is 7.37. The van der Waals surface area contributed by atoms with E-state index in [0.717, 1.165) is 5.69 Å². The predicted octanol–water partition coefficient (Wildman–Crippen LogP) is 1.17. The van der Waals surface area contributed by atoms with Gasteiger partial charge in [0, 0.05) is 12.6 Å². The first-order valence-electron chi connectivity index (χ1n) is 4.02. The Morgan fingerprint density at radius 2 is 2.50 bits per heavy atom. The summed E-state index contributed by atoms with van der Waals surface area (Å²) >= 11 is 0. The summed E-state index contributed by atoms with van der Waals surface area (Å²) in [5, 5.41) is 11.7. The van der Waals surface area contributed by atoms with Crippen LogP contribution in [0.3, 0.4) is 0 Å². The largest absolute Gasteiger partial charge is 0.432 e. The first-order chi connectivity index (χ1) is 5.72. The van der Waals surface area contributed by atoms with Gasteiger partial charge in [0.25, 0.3) is 6.01 Å². The van der Waals surface area contributed by atoms with E-state index in [1.165, 1.54) is 0 Å². The molecule has 68 valence electrons. The third-order valence-electron chi connectivity index (χ3n) is 1.55. The van der Waals surface area contributed by atoms with E-state index in [1.54, 1.807) is 6.26 Å². The molecule has 0 spiro atoms. The monoisotopic (exact) mass is 170 g/mol. The van der Waals surface area contributed by atoms with E-state index >= 15 is 0 Å². The molecule has 0 aliphatic rings. The highest BCUT2D eigenvalue weighted by atomic mass is 16.4. The van der Waals surface area contributed by atoms with Crippen molar-refractivity contribution in [3.8, 4) is 0 Å². The second kappa shape index (κ2) is 4.11. The molecular weight excluding hydrogens is 156 g/mol. The van der Waals surface area contributed by atoms with Gasteiger partial charge in [-0.05, 0) is 20.3 Å². The second-order valence-electron chi connectivity index (χ2n) is 2.85. The van der Waals surface area contributed by atoms with E-state index in [0.29, 0.717) is 12.4 Å². The molecule has 0 saturated carbocycles. The third-order valence-corrected chi connectivity index (χ3v) is 1.55. The van der Waals surface area contributed by atoms with E-state index in [-0.39, 0.29) is 12.6 Å². The van der Waals surface area contributed by atoms with Crippen LogP contribution in [0.25, 0.3) is 0 Å². The molecular formula is C8H14N2O2. The van der Waals surface area contributed by atoms with E-state index in [9.17, 15) is 0 Å². The average Bonchev–Trinajstić information content (AvgIpc) is 2.36. The molecule has 0 aromatic carbocycles. The number of anilines is 1. The van der Waals surface area contributed by atoms with Crippen molar-refractivity contribution in [1.82, 2.24) is 4.98 Å². The van der Waals surface area contributed by atoms with Crippen LogP contribution in [0.15, 0.2) is 10.7 Å². The van der Waals surface area contributed by atoms with Crippen LogP contribution in [0.5, 0.6) is 0 Å². The number of rotatable bonds is 4. The molecule has 12 heavy (non-hydrogen) atoms. The minimum absolute atomic E-state index is 0.174. The van der Waals surface area contributed by atoms with Crippen LogP contribution in [-0.2, 0) is 0 Å². The van der Waals surface area contributed by atoms with Crippen molar-refractivity contribution >= 4 is 6.01 Å². The Morgan fingerprint density at radius 1 is 1.75 bits per heavy atom. The van der Waals surface area contributed by atoms with Crippen molar-refractivity contribution in [2.75, 3.05) is 11.9 Å². The van der Waals surface area contributed by atoms with Gasteiger partial charge < -0.3 is 14.8 Å². The minimum Gasteiger partial charge on any atom is -0.432 e. The molecule has 2 N–H and O–H groups in total. The quantitative estimate of drug-likeness (QED) is 0.712. The molecule has 0 bridgehead atoms. The van der Waals surface area contributed by atoms with Crippen molar-refractivity contribution in [1.29, 1.82) is 0 Å². The summed E-state index contributed by atoms with van der Waals surface area (Å²) in [5.41, 5.74) is 0.855. The number of hydrogen-bond donors (Lipinski definition) is 2. The SMILES string of the molecule is Cc1coc(N[C@@H](C)CCO)n1. The lowest BCUT2D eigenvalue weighted by molar-refractivity contribution is 0.281. The normalized spacial score (nSPS) is 12.9. The first kappa shape index (κ1) is 9.06. The van der Waals surface area contributed by atoms with Crippen LogP contribution in [0.2, 0.25) is 0 Å².